The molecule has 1 saturated heterocycles. The van der Waals surface area contributed by atoms with Crippen LogP contribution in [0.1, 0.15) is 5.56 Å². The van der Waals surface area contributed by atoms with Crippen LogP contribution in [0.25, 0.3) is 6.08 Å². The van der Waals surface area contributed by atoms with Gasteiger partial charge in [0.05, 0.1) is 18.3 Å². The molecule has 1 aliphatic heterocycles. The number of rotatable bonds is 6. The number of carbonyl (C=O) groups excluding carboxylic acids is 1. The molecule has 11 heteroatoms. The highest BCUT2D eigenvalue weighted by Gasteiger charge is 2.33. The molecule has 25 heavy (non-hydrogen) atoms. The third-order valence-corrected chi connectivity index (χ3v) is 4.75. The maximum Gasteiger partial charge on any atom is 0.323 e. The topological polar surface area (TPSA) is 110 Å². The van der Waals surface area contributed by atoms with Gasteiger partial charge in [-0.1, -0.05) is 30.0 Å². The quantitative estimate of drug-likeness (QED) is 0.427. The van der Waals surface area contributed by atoms with Crippen LogP contribution in [-0.2, 0) is 19.7 Å². The Hall–Kier alpha value is -2.11. The van der Waals surface area contributed by atoms with Crippen LogP contribution < -0.4 is 8.92 Å². The van der Waals surface area contributed by atoms with Crippen LogP contribution >= 0.6 is 24.0 Å². The lowest BCUT2D eigenvalue weighted by Gasteiger charge is -2.10. The Kier molecular flexibility index (Phi) is 5.70. The summed E-state index contributed by atoms with van der Waals surface area (Å²) in [5.74, 6) is -1.49. The second kappa shape index (κ2) is 7.42. The molecule has 0 radical (unpaired) electrons. The fraction of sp³-hybridized carbons (Fsp3) is 0.214. The zero-order valence-electron chi connectivity index (χ0n) is 13.1. The molecule has 134 valence electrons. The number of carboxylic acid groups (broad SMARTS) is 1. The molecule has 1 amide bonds. The summed E-state index contributed by atoms with van der Waals surface area (Å²) in [6.45, 7) is -0.507. The molecule has 0 saturated carbocycles. The Morgan fingerprint density at radius 3 is 2.64 bits per heavy atom. The number of ether oxygens (including phenoxy) is 1. The van der Waals surface area contributed by atoms with Gasteiger partial charge >= 0.3 is 16.1 Å². The van der Waals surface area contributed by atoms with Crippen LogP contribution in [0.15, 0.2) is 23.1 Å². The molecule has 0 spiro atoms. The lowest BCUT2D eigenvalue weighted by molar-refractivity contribution is -0.140. The van der Waals surface area contributed by atoms with Crippen molar-refractivity contribution in [3.63, 3.8) is 0 Å². The summed E-state index contributed by atoms with van der Waals surface area (Å²) in [7, 11) is -2.37. The molecule has 1 aromatic rings. The molecule has 0 aliphatic carbocycles. The van der Waals surface area contributed by atoms with Crippen molar-refractivity contribution in [2.45, 2.75) is 0 Å². The van der Waals surface area contributed by atoms with Gasteiger partial charge in [0.15, 0.2) is 11.5 Å². The molecule has 2 rings (SSSR count). The number of hydrogen-bond acceptors (Lipinski definition) is 8. The molecule has 0 aromatic heterocycles. The van der Waals surface area contributed by atoms with Crippen molar-refractivity contribution in [1.29, 1.82) is 0 Å². The largest absolute Gasteiger partial charge is 0.493 e. The summed E-state index contributed by atoms with van der Waals surface area (Å²) in [6.07, 6.45) is 2.42. The summed E-state index contributed by atoms with van der Waals surface area (Å²) < 4.78 is 32.5. The number of methoxy groups -OCH3 is 1. The summed E-state index contributed by atoms with van der Waals surface area (Å²) in [4.78, 5) is 24.2. The van der Waals surface area contributed by atoms with E-state index in [1.807, 2.05) is 0 Å². The maximum atomic E-state index is 12.2. The van der Waals surface area contributed by atoms with Gasteiger partial charge in [-0.3, -0.25) is 14.5 Å². The first-order valence-electron chi connectivity index (χ1n) is 6.65. The molecule has 0 bridgehead atoms. The van der Waals surface area contributed by atoms with Gasteiger partial charge in [-0.05, 0) is 23.8 Å². The van der Waals surface area contributed by atoms with Crippen LogP contribution in [-0.4, -0.2) is 54.5 Å². The molecule has 0 atom stereocenters. The summed E-state index contributed by atoms with van der Waals surface area (Å²) >= 11 is 5.99. The van der Waals surface area contributed by atoms with Crippen molar-refractivity contribution >= 4 is 56.4 Å². The molecule has 1 aromatic carbocycles. The number of thiocarbonyl (C=S) groups is 1. The number of nitrogens with zero attached hydrogens (tertiary/aromatic N) is 1. The number of carboxylic acids is 1. The van der Waals surface area contributed by atoms with Crippen LogP contribution in [0.5, 0.6) is 11.5 Å². The van der Waals surface area contributed by atoms with Gasteiger partial charge in [-0.25, -0.2) is 0 Å². The minimum Gasteiger partial charge on any atom is -0.493 e. The highest BCUT2D eigenvalue weighted by molar-refractivity contribution is 8.26. The van der Waals surface area contributed by atoms with Crippen molar-refractivity contribution in [1.82, 2.24) is 4.90 Å². The highest BCUT2D eigenvalue weighted by Crippen LogP contribution is 2.34. The minimum atomic E-state index is -3.71. The summed E-state index contributed by atoms with van der Waals surface area (Å²) in [5.41, 5.74) is 0.536. The summed E-state index contributed by atoms with van der Waals surface area (Å²) in [5, 5.41) is 8.82. The Bertz CT molecular complexity index is 876. The van der Waals surface area contributed by atoms with E-state index in [0.717, 1.165) is 22.9 Å². The Balaban J connectivity index is 2.31. The predicted molar refractivity (Wildman–Crippen MR) is 96.0 cm³/mol. The number of benzene rings is 1. The normalized spacial score (nSPS) is 16.4. The molecular weight excluding hydrogens is 390 g/mol. The van der Waals surface area contributed by atoms with Crippen LogP contribution in [0, 0.1) is 0 Å². The lowest BCUT2D eigenvalue weighted by atomic mass is 10.2. The van der Waals surface area contributed by atoms with E-state index >= 15 is 0 Å². The lowest BCUT2D eigenvalue weighted by Crippen LogP contribution is -2.33. The first-order valence-corrected chi connectivity index (χ1v) is 9.69. The van der Waals surface area contributed by atoms with Gasteiger partial charge in [0.1, 0.15) is 10.9 Å². The molecule has 0 unspecified atom stereocenters. The number of thioether (sulfide) groups is 1. The number of hydrogen-bond donors (Lipinski definition) is 1. The van der Waals surface area contributed by atoms with Crippen LogP contribution in [0.2, 0.25) is 0 Å². The zero-order chi connectivity index (χ0) is 18.8. The fourth-order valence-corrected chi connectivity index (χ4v) is 3.65. The average molecular weight is 403 g/mol. The molecule has 1 fully saturated rings. The third kappa shape index (κ3) is 4.94. The van der Waals surface area contributed by atoms with Crippen molar-refractivity contribution in [3.05, 3.63) is 28.7 Å². The van der Waals surface area contributed by atoms with Gasteiger partial charge in [0.2, 0.25) is 0 Å². The van der Waals surface area contributed by atoms with E-state index in [-0.39, 0.29) is 20.7 Å². The van der Waals surface area contributed by atoms with Crippen molar-refractivity contribution in [3.8, 4) is 11.5 Å². The number of carbonyl (C=O) groups is 2. The molecule has 1 heterocycles. The maximum absolute atomic E-state index is 12.2. The minimum absolute atomic E-state index is 0.0144. The van der Waals surface area contributed by atoms with E-state index < -0.39 is 28.5 Å². The number of amides is 1. The van der Waals surface area contributed by atoms with E-state index in [2.05, 4.69) is 0 Å². The van der Waals surface area contributed by atoms with Gasteiger partial charge in [0, 0.05) is 0 Å². The third-order valence-electron chi connectivity index (χ3n) is 2.89. The van der Waals surface area contributed by atoms with Crippen LogP contribution in [0.4, 0.5) is 0 Å². The standard InChI is InChI=1S/C14H13NO7S3/c1-21-10-5-8(3-4-9(10)22-25(2,19)20)6-11-13(18)15(7-12(16)17)14(23)24-11/h3-6H,7H2,1-2H3,(H,16,17)/b11-6-. The van der Waals surface area contributed by atoms with Gasteiger partial charge < -0.3 is 14.0 Å². The average Bonchev–Trinajstić information content (AvgIpc) is 2.74. The van der Waals surface area contributed by atoms with E-state index in [1.54, 1.807) is 0 Å². The second-order valence-corrected chi connectivity index (χ2v) is 8.11. The number of aliphatic carboxylic acids is 1. The van der Waals surface area contributed by atoms with E-state index in [4.69, 9.17) is 26.2 Å². The van der Waals surface area contributed by atoms with E-state index in [1.165, 1.54) is 31.4 Å². The Morgan fingerprint density at radius 2 is 2.08 bits per heavy atom. The van der Waals surface area contributed by atoms with E-state index in [9.17, 15) is 18.0 Å². The Morgan fingerprint density at radius 1 is 1.40 bits per heavy atom. The van der Waals surface area contributed by atoms with Gasteiger partial charge in [-0.15, -0.1) is 0 Å². The highest BCUT2D eigenvalue weighted by atomic mass is 32.2. The second-order valence-electron chi connectivity index (χ2n) is 4.86. The molecule has 1 N–H and O–H groups in total. The van der Waals surface area contributed by atoms with Crippen molar-refractivity contribution < 1.29 is 32.0 Å². The summed E-state index contributed by atoms with van der Waals surface area (Å²) in [6, 6.07) is 4.42. The SMILES string of the molecule is COc1cc(/C=C2\SC(=S)N(CC(=O)O)C2=O)ccc1OS(C)(=O)=O. The molecular formula is C14H13NO7S3. The van der Waals surface area contributed by atoms with E-state index in [0.29, 0.717) is 5.56 Å². The fourth-order valence-electron chi connectivity index (χ4n) is 1.93. The smallest absolute Gasteiger partial charge is 0.323 e. The Labute approximate surface area is 153 Å². The van der Waals surface area contributed by atoms with Crippen molar-refractivity contribution in [2.24, 2.45) is 0 Å². The van der Waals surface area contributed by atoms with Gasteiger partial charge in [0.25, 0.3) is 5.91 Å². The van der Waals surface area contributed by atoms with Gasteiger partial charge in [-0.2, -0.15) is 8.42 Å². The zero-order valence-corrected chi connectivity index (χ0v) is 15.5. The monoisotopic (exact) mass is 403 g/mol. The first kappa shape index (κ1) is 19.2. The molecule has 1 aliphatic rings. The molecule has 8 nitrogen and oxygen atoms in total. The van der Waals surface area contributed by atoms with Crippen molar-refractivity contribution in [2.75, 3.05) is 19.9 Å². The predicted octanol–water partition coefficient (Wildman–Crippen LogP) is 1.32. The first-order chi connectivity index (χ1) is 11.6. The van der Waals surface area contributed by atoms with Crippen LogP contribution in [0.3, 0.4) is 0 Å².